The number of ether oxygens (including phenoxy) is 1. The number of nitrogens with one attached hydrogen (secondary N) is 2. The van der Waals surface area contributed by atoms with E-state index in [-0.39, 0.29) is 12.0 Å². The van der Waals surface area contributed by atoms with E-state index < -0.39 is 12.5 Å². The maximum Gasteiger partial charge on any atom is 0.131 e. The molecule has 2 aromatic carbocycles. The lowest BCUT2D eigenvalue weighted by atomic mass is 9.88. The molecule has 0 saturated heterocycles. The Morgan fingerprint density at radius 3 is 2.27 bits per heavy atom. The minimum atomic E-state index is -0.766. The van der Waals surface area contributed by atoms with E-state index in [0.717, 1.165) is 41.0 Å². The molecule has 6 N–H and O–H groups in total. The Balaban J connectivity index is 1.30. The van der Waals surface area contributed by atoms with Crippen LogP contribution in [0.3, 0.4) is 0 Å². The number of rotatable bonds is 12. The fourth-order valence-corrected chi connectivity index (χ4v) is 5.64. The Kier molecular flexibility index (Phi) is 9.57. The van der Waals surface area contributed by atoms with E-state index in [9.17, 15) is 10.2 Å². The molecule has 5 atom stereocenters. The molecule has 1 aliphatic heterocycles. The maximum absolute atomic E-state index is 11.5. The molecule has 6 heteroatoms. The third kappa shape index (κ3) is 7.27. The topological polar surface area (TPSA) is 99.8 Å². The number of hydrogen-bond acceptors (Lipinski definition) is 6. The van der Waals surface area contributed by atoms with E-state index in [4.69, 9.17) is 10.5 Å². The minimum absolute atomic E-state index is 0.101. The van der Waals surface area contributed by atoms with Gasteiger partial charge in [0.1, 0.15) is 24.3 Å². The van der Waals surface area contributed by atoms with E-state index in [1.165, 1.54) is 11.1 Å². The normalized spacial score (nSPS) is 21.9. The van der Waals surface area contributed by atoms with E-state index in [1.54, 1.807) is 0 Å². The van der Waals surface area contributed by atoms with Crippen LogP contribution in [0.2, 0.25) is 0 Å². The second-order valence-corrected chi connectivity index (χ2v) is 11.5. The average Bonchev–Trinajstić information content (AvgIpc) is 3.44. The van der Waals surface area contributed by atoms with Gasteiger partial charge in [-0.1, -0.05) is 86.7 Å². The minimum Gasteiger partial charge on any atom is -0.485 e. The third-order valence-electron chi connectivity index (χ3n) is 8.18. The first-order valence-electron chi connectivity index (χ1n) is 14.8. The van der Waals surface area contributed by atoms with Crippen molar-refractivity contribution in [3.05, 3.63) is 130 Å². The van der Waals surface area contributed by atoms with Gasteiger partial charge in [-0.05, 0) is 71.2 Å². The van der Waals surface area contributed by atoms with Crippen molar-refractivity contribution in [2.45, 2.75) is 63.5 Å². The van der Waals surface area contributed by atoms with Crippen molar-refractivity contribution in [1.29, 1.82) is 0 Å². The number of nitrogens with two attached hydrogens (primary N) is 1. The predicted molar refractivity (Wildman–Crippen MR) is 165 cm³/mol. The summed E-state index contributed by atoms with van der Waals surface area (Å²) in [5, 5.41) is 28.3. The summed E-state index contributed by atoms with van der Waals surface area (Å²) >= 11 is 0. The lowest BCUT2D eigenvalue weighted by molar-refractivity contribution is 0.116. The first kappa shape index (κ1) is 29.1. The van der Waals surface area contributed by atoms with E-state index in [0.29, 0.717) is 31.3 Å². The maximum atomic E-state index is 11.5. The van der Waals surface area contributed by atoms with Gasteiger partial charge < -0.3 is 26.0 Å². The zero-order chi connectivity index (χ0) is 28.8. The molecule has 41 heavy (non-hydrogen) atoms. The SMILES string of the molecule is CC(C)c1ccc(C(Cc2ccc(C(O)NCCN)cc2)C(O)NC2=CC=C(C3=CC4C=CC=CC4O3)CC2)cc1. The highest BCUT2D eigenvalue weighted by molar-refractivity contribution is 5.40. The molecule has 5 rings (SSSR count). The molecular weight excluding hydrogens is 510 g/mol. The summed E-state index contributed by atoms with van der Waals surface area (Å²) in [6, 6.07) is 16.5. The zero-order valence-electron chi connectivity index (χ0n) is 24.0. The summed E-state index contributed by atoms with van der Waals surface area (Å²) in [6.07, 6.45) is 15.7. The molecule has 0 fully saturated rings. The van der Waals surface area contributed by atoms with Crippen molar-refractivity contribution in [2.75, 3.05) is 13.1 Å². The lowest BCUT2D eigenvalue weighted by Gasteiger charge is -2.28. The van der Waals surface area contributed by atoms with Gasteiger partial charge in [0.2, 0.25) is 0 Å². The zero-order valence-corrected chi connectivity index (χ0v) is 24.0. The quantitative estimate of drug-likeness (QED) is 0.231. The molecule has 1 heterocycles. The van der Waals surface area contributed by atoms with Gasteiger partial charge in [-0.15, -0.1) is 0 Å². The summed E-state index contributed by atoms with van der Waals surface area (Å²) in [5.41, 5.74) is 12.0. The number of allylic oxidation sites excluding steroid dienone is 6. The number of aliphatic hydroxyl groups is 2. The molecule has 2 aromatic rings. The van der Waals surface area contributed by atoms with Crippen LogP contribution < -0.4 is 16.4 Å². The molecule has 3 aliphatic rings. The smallest absolute Gasteiger partial charge is 0.131 e. The van der Waals surface area contributed by atoms with Crippen LogP contribution in [0.1, 0.15) is 67.0 Å². The molecule has 0 aromatic heterocycles. The molecule has 5 unspecified atom stereocenters. The molecule has 0 saturated carbocycles. The lowest BCUT2D eigenvalue weighted by Crippen LogP contribution is -2.35. The van der Waals surface area contributed by atoms with Gasteiger partial charge in [0.25, 0.3) is 0 Å². The van der Waals surface area contributed by atoms with Crippen LogP contribution in [0, 0.1) is 5.92 Å². The Morgan fingerprint density at radius 2 is 1.61 bits per heavy atom. The molecule has 216 valence electrons. The second kappa shape index (κ2) is 13.5. The number of hydrogen-bond donors (Lipinski definition) is 5. The van der Waals surface area contributed by atoms with Crippen molar-refractivity contribution in [3.63, 3.8) is 0 Å². The highest BCUT2D eigenvalue weighted by atomic mass is 16.5. The summed E-state index contributed by atoms with van der Waals surface area (Å²) in [4.78, 5) is 0. The Bertz CT molecular complexity index is 1320. The number of benzene rings is 2. The van der Waals surface area contributed by atoms with Gasteiger partial charge in [0.05, 0.1) is 0 Å². The highest BCUT2D eigenvalue weighted by Gasteiger charge is 2.29. The monoisotopic (exact) mass is 553 g/mol. The first-order valence-corrected chi connectivity index (χ1v) is 14.8. The molecule has 2 aliphatic carbocycles. The Labute approximate surface area is 244 Å². The molecule has 0 bridgehead atoms. The fourth-order valence-electron chi connectivity index (χ4n) is 5.64. The molecule has 0 spiro atoms. The van der Waals surface area contributed by atoms with Crippen LogP contribution in [-0.4, -0.2) is 35.6 Å². The Morgan fingerprint density at radius 1 is 0.902 bits per heavy atom. The predicted octanol–water partition coefficient (Wildman–Crippen LogP) is 5.21. The van der Waals surface area contributed by atoms with Crippen LogP contribution in [-0.2, 0) is 11.2 Å². The average molecular weight is 554 g/mol. The van der Waals surface area contributed by atoms with Crippen molar-refractivity contribution in [2.24, 2.45) is 11.7 Å². The second-order valence-electron chi connectivity index (χ2n) is 11.5. The van der Waals surface area contributed by atoms with Crippen LogP contribution in [0.25, 0.3) is 0 Å². The van der Waals surface area contributed by atoms with Crippen molar-refractivity contribution in [1.82, 2.24) is 10.6 Å². The largest absolute Gasteiger partial charge is 0.485 e. The van der Waals surface area contributed by atoms with Crippen LogP contribution in [0.5, 0.6) is 0 Å². The summed E-state index contributed by atoms with van der Waals surface area (Å²) in [6.45, 7) is 5.38. The van der Waals surface area contributed by atoms with Gasteiger partial charge in [0.15, 0.2) is 0 Å². The number of aliphatic hydroxyl groups excluding tert-OH is 2. The van der Waals surface area contributed by atoms with Crippen LogP contribution in [0.4, 0.5) is 0 Å². The van der Waals surface area contributed by atoms with Crippen molar-refractivity contribution < 1.29 is 14.9 Å². The highest BCUT2D eigenvalue weighted by Crippen LogP contribution is 2.35. The molecular formula is C35H43N3O3. The van der Waals surface area contributed by atoms with E-state index in [1.807, 2.05) is 30.3 Å². The van der Waals surface area contributed by atoms with Gasteiger partial charge in [0, 0.05) is 30.6 Å². The molecule has 0 radical (unpaired) electrons. The number of fused-ring (bicyclic) bond motifs is 1. The van der Waals surface area contributed by atoms with E-state index >= 15 is 0 Å². The van der Waals surface area contributed by atoms with E-state index in [2.05, 4.69) is 85.2 Å². The van der Waals surface area contributed by atoms with Gasteiger partial charge >= 0.3 is 0 Å². The fraction of sp³-hybridized carbons (Fsp3) is 0.371. The first-order chi connectivity index (χ1) is 19.9. The van der Waals surface area contributed by atoms with Crippen molar-refractivity contribution in [3.8, 4) is 0 Å². The molecule has 0 amide bonds. The summed E-state index contributed by atoms with van der Waals surface area (Å²) < 4.78 is 6.18. The standard InChI is InChI=1S/C35H43N3O3/c1-23(2)25-11-13-26(14-12-25)31(21-24-7-9-28(10-8-24)34(39)37-20-19-36)35(40)38-30-17-15-27(16-18-30)33-22-29-5-3-4-6-32(29)41-33/h3-15,17,22-23,29,31-32,34-35,37-40H,16,18-21,36H2,1-2H3. The third-order valence-corrected chi connectivity index (χ3v) is 8.18. The Hall–Kier alpha value is -3.42. The van der Waals surface area contributed by atoms with Crippen LogP contribution >= 0.6 is 0 Å². The van der Waals surface area contributed by atoms with Gasteiger partial charge in [-0.25, -0.2) is 0 Å². The van der Waals surface area contributed by atoms with Gasteiger partial charge in [-0.2, -0.15) is 0 Å². The molecule has 6 nitrogen and oxygen atoms in total. The summed E-state index contributed by atoms with van der Waals surface area (Å²) in [5.74, 6) is 1.57. The van der Waals surface area contributed by atoms with Crippen molar-refractivity contribution >= 4 is 0 Å². The van der Waals surface area contributed by atoms with Gasteiger partial charge in [-0.3, -0.25) is 5.32 Å². The van der Waals surface area contributed by atoms with Crippen LogP contribution in [0.15, 0.2) is 108 Å². The summed E-state index contributed by atoms with van der Waals surface area (Å²) in [7, 11) is 0.